The summed E-state index contributed by atoms with van der Waals surface area (Å²) in [5.41, 5.74) is 0.225. The van der Waals surface area contributed by atoms with Crippen molar-refractivity contribution in [3.8, 4) is 0 Å². The third kappa shape index (κ3) is 12.1. The number of carbonyl (C=O) groups excluding carboxylic acids is 3. The van der Waals surface area contributed by atoms with Gasteiger partial charge in [-0.15, -0.1) is 0 Å². The minimum absolute atomic E-state index is 0.162. The summed E-state index contributed by atoms with van der Waals surface area (Å²) < 4.78 is 15.2. The Morgan fingerprint density at radius 3 is 2.38 bits per heavy atom. The molecule has 0 spiro atoms. The van der Waals surface area contributed by atoms with Gasteiger partial charge in [0.2, 0.25) is 0 Å². The minimum atomic E-state index is -0.654. The van der Waals surface area contributed by atoms with Crippen molar-refractivity contribution in [2.45, 2.75) is 52.4 Å². The first-order valence-electron chi connectivity index (χ1n) is 9.48. The highest BCUT2D eigenvalue weighted by Gasteiger charge is 2.18. The Labute approximate surface area is 171 Å². The molecule has 0 fully saturated rings. The number of hydrogen-bond donors (Lipinski definition) is 2. The topological polar surface area (TPSA) is 103 Å². The van der Waals surface area contributed by atoms with E-state index in [1.807, 2.05) is 30.3 Å². The monoisotopic (exact) mass is 406 g/mol. The lowest BCUT2D eigenvalue weighted by molar-refractivity contribution is -0.137. The van der Waals surface area contributed by atoms with E-state index in [1.54, 1.807) is 27.7 Å². The molecular formula is C21H30N2O6. The van der Waals surface area contributed by atoms with E-state index >= 15 is 0 Å². The number of amides is 2. The Hall–Kier alpha value is -3.03. The van der Waals surface area contributed by atoms with Gasteiger partial charge < -0.3 is 24.8 Å². The fourth-order valence-electron chi connectivity index (χ4n) is 2.16. The van der Waals surface area contributed by atoms with Gasteiger partial charge in [0.1, 0.15) is 12.2 Å². The Morgan fingerprint density at radius 2 is 1.76 bits per heavy atom. The summed E-state index contributed by atoms with van der Waals surface area (Å²) in [5.74, 6) is -0.515. The molecule has 0 aromatic heterocycles. The highest BCUT2D eigenvalue weighted by molar-refractivity contribution is 5.82. The van der Waals surface area contributed by atoms with Crippen molar-refractivity contribution in [1.29, 1.82) is 0 Å². The number of ether oxygens (including phenoxy) is 3. The van der Waals surface area contributed by atoms with E-state index in [4.69, 9.17) is 14.2 Å². The summed E-state index contributed by atoms with van der Waals surface area (Å²) in [6.07, 6.45) is 1.87. The van der Waals surface area contributed by atoms with Crippen LogP contribution in [-0.2, 0) is 25.6 Å². The first-order chi connectivity index (χ1) is 13.7. The first-order valence-corrected chi connectivity index (χ1v) is 9.48. The molecule has 2 amide bonds. The number of alkyl carbamates (subject to hydrolysis) is 2. The predicted molar refractivity (Wildman–Crippen MR) is 108 cm³/mol. The molecular weight excluding hydrogens is 376 g/mol. The van der Waals surface area contributed by atoms with Gasteiger partial charge in [0.15, 0.2) is 0 Å². The van der Waals surface area contributed by atoms with Gasteiger partial charge in [-0.05, 0) is 39.7 Å². The second kappa shape index (κ2) is 12.4. The molecule has 160 valence electrons. The van der Waals surface area contributed by atoms with Gasteiger partial charge in [-0.2, -0.15) is 0 Å². The van der Waals surface area contributed by atoms with Crippen LogP contribution < -0.4 is 10.6 Å². The lowest BCUT2D eigenvalue weighted by Gasteiger charge is -2.22. The Bertz CT molecular complexity index is 682. The van der Waals surface area contributed by atoms with Crippen molar-refractivity contribution >= 4 is 18.2 Å². The zero-order valence-corrected chi connectivity index (χ0v) is 17.4. The molecule has 29 heavy (non-hydrogen) atoms. The maximum Gasteiger partial charge on any atom is 0.408 e. The second-order valence-electron chi connectivity index (χ2n) is 7.14. The van der Waals surface area contributed by atoms with Gasteiger partial charge in [-0.25, -0.2) is 14.4 Å². The lowest BCUT2D eigenvalue weighted by Crippen LogP contribution is -2.40. The van der Waals surface area contributed by atoms with Crippen LogP contribution in [0, 0.1) is 0 Å². The van der Waals surface area contributed by atoms with Crippen LogP contribution in [0.15, 0.2) is 42.5 Å². The molecule has 0 unspecified atom stereocenters. The Kier molecular flexibility index (Phi) is 10.3. The highest BCUT2D eigenvalue weighted by Crippen LogP contribution is 2.07. The maximum absolute atomic E-state index is 12.0. The molecule has 1 aromatic carbocycles. The summed E-state index contributed by atoms with van der Waals surface area (Å²) in [5, 5.41) is 5.27. The number of carbonyl (C=O) groups is 3. The van der Waals surface area contributed by atoms with Gasteiger partial charge in [-0.1, -0.05) is 36.4 Å². The molecule has 0 aliphatic carbocycles. The minimum Gasteiger partial charge on any atom is -0.463 e. The van der Waals surface area contributed by atoms with E-state index in [1.165, 1.54) is 12.2 Å². The summed E-state index contributed by atoms with van der Waals surface area (Å²) in [7, 11) is 0. The van der Waals surface area contributed by atoms with Crippen molar-refractivity contribution in [3.05, 3.63) is 48.0 Å². The second-order valence-corrected chi connectivity index (χ2v) is 7.14. The SMILES string of the molecule is CCOC(=O)C=C[C@H](CCNC(=O)OCc1ccccc1)NC(=O)OC(C)(C)C. The molecule has 0 aliphatic heterocycles. The number of nitrogens with one attached hydrogen (secondary N) is 2. The molecule has 0 aliphatic rings. The molecule has 8 heteroatoms. The zero-order chi connectivity index (χ0) is 21.7. The van der Waals surface area contributed by atoms with Crippen LogP contribution in [0.25, 0.3) is 0 Å². The smallest absolute Gasteiger partial charge is 0.408 e. The van der Waals surface area contributed by atoms with Gasteiger partial charge in [0.05, 0.1) is 12.6 Å². The van der Waals surface area contributed by atoms with Gasteiger partial charge in [-0.3, -0.25) is 0 Å². The van der Waals surface area contributed by atoms with Gasteiger partial charge in [0.25, 0.3) is 0 Å². The van der Waals surface area contributed by atoms with E-state index in [-0.39, 0.29) is 19.8 Å². The average molecular weight is 406 g/mol. The fourth-order valence-corrected chi connectivity index (χ4v) is 2.16. The van der Waals surface area contributed by atoms with Crippen molar-refractivity contribution in [2.75, 3.05) is 13.2 Å². The standard InChI is InChI=1S/C21H30N2O6/c1-5-27-18(24)12-11-17(23-20(26)29-21(2,3)4)13-14-22-19(25)28-15-16-9-7-6-8-10-16/h6-12,17H,5,13-15H2,1-4H3,(H,22,25)(H,23,26)/t17-/m1/s1. The van der Waals surface area contributed by atoms with Crippen LogP contribution >= 0.6 is 0 Å². The van der Waals surface area contributed by atoms with Crippen molar-refractivity contribution in [2.24, 2.45) is 0 Å². The van der Waals surface area contributed by atoms with Crippen LogP contribution in [0.2, 0.25) is 0 Å². The lowest BCUT2D eigenvalue weighted by atomic mass is 10.2. The molecule has 0 heterocycles. The molecule has 1 aromatic rings. The molecule has 1 rings (SSSR count). The maximum atomic E-state index is 12.0. The Balaban J connectivity index is 2.51. The quantitative estimate of drug-likeness (QED) is 0.370. The molecule has 0 bridgehead atoms. The van der Waals surface area contributed by atoms with Gasteiger partial charge >= 0.3 is 18.2 Å². The third-order valence-electron chi connectivity index (χ3n) is 3.39. The van der Waals surface area contributed by atoms with Gasteiger partial charge in [0, 0.05) is 12.6 Å². The molecule has 0 saturated carbocycles. The van der Waals surface area contributed by atoms with E-state index in [2.05, 4.69) is 10.6 Å². The zero-order valence-electron chi connectivity index (χ0n) is 17.4. The molecule has 0 saturated heterocycles. The van der Waals surface area contributed by atoms with E-state index in [0.29, 0.717) is 6.42 Å². The van der Waals surface area contributed by atoms with E-state index < -0.39 is 29.8 Å². The normalized spacial score (nSPS) is 12.1. The number of esters is 1. The fraction of sp³-hybridized carbons (Fsp3) is 0.476. The average Bonchev–Trinajstić information content (AvgIpc) is 2.64. The number of hydrogen-bond acceptors (Lipinski definition) is 6. The van der Waals surface area contributed by atoms with Crippen LogP contribution in [0.4, 0.5) is 9.59 Å². The summed E-state index contributed by atoms with van der Waals surface area (Å²) in [4.78, 5) is 35.3. The molecule has 8 nitrogen and oxygen atoms in total. The highest BCUT2D eigenvalue weighted by atomic mass is 16.6. The third-order valence-corrected chi connectivity index (χ3v) is 3.39. The first kappa shape index (κ1) is 24.0. The van der Waals surface area contributed by atoms with Crippen LogP contribution in [0.1, 0.15) is 39.7 Å². The largest absolute Gasteiger partial charge is 0.463 e. The predicted octanol–water partition coefficient (Wildman–Crippen LogP) is 3.32. The van der Waals surface area contributed by atoms with Crippen LogP contribution in [0.3, 0.4) is 0 Å². The van der Waals surface area contributed by atoms with E-state index in [0.717, 1.165) is 5.56 Å². The Morgan fingerprint density at radius 1 is 1.07 bits per heavy atom. The summed E-state index contributed by atoms with van der Waals surface area (Å²) in [6.45, 7) is 7.59. The van der Waals surface area contributed by atoms with Crippen molar-refractivity contribution < 1.29 is 28.6 Å². The summed E-state index contributed by atoms with van der Waals surface area (Å²) in [6, 6.07) is 8.77. The van der Waals surface area contributed by atoms with Crippen LogP contribution in [-0.4, -0.2) is 43.0 Å². The molecule has 0 radical (unpaired) electrons. The number of rotatable bonds is 9. The van der Waals surface area contributed by atoms with E-state index in [9.17, 15) is 14.4 Å². The van der Waals surface area contributed by atoms with Crippen LogP contribution in [0.5, 0.6) is 0 Å². The summed E-state index contributed by atoms with van der Waals surface area (Å²) >= 11 is 0. The number of benzene rings is 1. The van der Waals surface area contributed by atoms with Crippen molar-refractivity contribution in [1.82, 2.24) is 10.6 Å². The van der Waals surface area contributed by atoms with Crippen molar-refractivity contribution in [3.63, 3.8) is 0 Å². The molecule has 2 N–H and O–H groups in total. The molecule has 1 atom stereocenters.